The molecule has 0 aliphatic carbocycles. The van der Waals surface area contributed by atoms with E-state index in [0.717, 1.165) is 12.2 Å². The summed E-state index contributed by atoms with van der Waals surface area (Å²) >= 11 is 0. The Kier molecular flexibility index (Phi) is 4.98. The van der Waals surface area contributed by atoms with Crippen LogP contribution in [0.5, 0.6) is 5.88 Å². The first-order valence-electron chi connectivity index (χ1n) is 5.56. The molecule has 0 aliphatic rings. The predicted octanol–water partition coefficient (Wildman–Crippen LogP) is 1.05. The van der Waals surface area contributed by atoms with Gasteiger partial charge in [0.25, 0.3) is 0 Å². The Labute approximate surface area is 96.6 Å². The predicted molar refractivity (Wildman–Crippen MR) is 64.7 cm³/mol. The van der Waals surface area contributed by atoms with Crippen molar-refractivity contribution in [3.63, 3.8) is 0 Å². The molecule has 0 amide bonds. The number of rotatable bonds is 6. The van der Waals surface area contributed by atoms with E-state index in [1.807, 2.05) is 20.0 Å². The highest BCUT2D eigenvalue weighted by molar-refractivity contribution is 5.40. The van der Waals surface area contributed by atoms with Gasteiger partial charge < -0.3 is 15.4 Å². The summed E-state index contributed by atoms with van der Waals surface area (Å²) in [6, 6.07) is 2.20. The van der Waals surface area contributed by atoms with Gasteiger partial charge in [-0.1, -0.05) is 0 Å². The number of ether oxygens (including phenoxy) is 1. The highest BCUT2D eigenvalue weighted by Gasteiger charge is 2.11. The summed E-state index contributed by atoms with van der Waals surface area (Å²) in [6.07, 6.45) is 2.45. The molecule has 5 heteroatoms. The summed E-state index contributed by atoms with van der Waals surface area (Å²) in [6.45, 7) is 5.34. The van der Waals surface area contributed by atoms with Crippen LogP contribution in [0.15, 0.2) is 12.4 Å². The lowest BCUT2D eigenvalue weighted by Crippen LogP contribution is -2.31. The molecule has 5 nitrogen and oxygen atoms in total. The smallest absolute Gasteiger partial charge is 0.218 e. The molecule has 90 valence electrons. The maximum atomic E-state index is 5.54. The van der Waals surface area contributed by atoms with Crippen LogP contribution in [0.25, 0.3) is 0 Å². The van der Waals surface area contributed by atoms with E-state index in [-0.39, 0.29) is 0 Å². The Morgan fingerprint density at radius 1 is 1.50 bits per heavy atom. The molecule has 1 aromatic rings. The van der Waals surface area contributed by atoms with Crippen LogP contribution in [0.3, 0.4) is 0 Å². The Morgan fingerprint density at radius 3 is 2.88 bits per heavy atom. The summed E-state index contributed by atoms with van der Waals surface area (Å²) in [4.78, 5) is 10.3. The minimum Gasteiger partial charge on any atom is -0.478 e. The number of nitrogens with zero attached hydrogens (tertiary/aromatic N) is 3. The number of nitrogens with two attached hydrogens (primary N) is 1. The van der Waals surface area contributed by atoms with Crippen molar-refractivity contribution in [2.75, 3.05) is 25.1 Å². The lowest BCUT2D eigenvalue weighted by molar-refractivity contribution is 0.326. The normalized spacial score (nSPS) is 12.2. The van der Waals surface area contributed by atoms with Crippen molar-refractivity contribution in [2.24, 2.45) is 5.73 Å². The molecule has 0 saturated carbocycles. The summed E-state index contributed by atoms with van der Waals surface area (Å²) < 4.78 is 5.33. The van der Waals surface area contributed by atoms with E-state index in [9.17, 15) is 0 Å². The van der Waals surface area contributed by atoms with Crippen LogP contribution < -0.4 is 15.4 Å². The molecular weight excluding hydrogens is 204 g/mol. The number of anilines is 1. The monoisotopic (exact) mass is 224 g/mol. The quantitative estimate of drug-likeness (QED) is 0.782. The maximum Gasteiger partial charge on any atom is 0.218 e. The first-order valence-corrected chi connectivity index (χ1v) is 5.56. The van der Waals surface area contributed by atoms with Crippen LogP contribution in [0.1, 0.15) is 20.3 Å². The van der Waals surface area contributed by atoms with Gasteiger partial charge in [0.05, 0.1) is 6.61 Å². The van der Waals surface area contributed by atoms with E-state index in [2.05, 4.69) is 21.8 Å². The van der Waals surface area contributed by atoms with Crippen LogP contribution in [-0.4, -0.2) is 36.2 Å². The molecule has 1 aromatic heterocycles. The van der Waals surface area contributed by atoms with Crippen molar-refractivity contribution >= 4 is 5.82 Å². The van der Waals surface area contributed by atoms with Gasteiger partial charge >= 0.3 is 0 Å². The molecule has 16 heavy (non-hydrogen) atoms. The third-order valence-electron chi connectivity index (χ3n) is 2.53. The van der Waals surface area contributed by atoms with Crippen molar-refractivity contribution in [3.8, 4) is 5.88 Å². The Morgan fingerprint density at radius 2 is 2.25 bits per heavy atom. The largest absolute Gasteiger partial charge is 0.478 e. The zero-order valence-corrected chi connectivity index (χ0v) is 10.2. The third-order valence-corrected chi connectivity index (χ3v) is 2.53. The fraction of sp³-hybridized carbons (Fsp3) is 0.636. The molecule has 1 unspecified atom stereocenters. The number of hydrogen-bond donors (Lipinski definition) is 1. The molecule has 0 fully saturated rings. The van der Waals surface area contributed by atoms with Crippen LogP contribution in [0.4, 0.5) is 5.82 Å². The van der Waals surface area contributed by atoms with Gasteiger partial charge in [0, 0.05) is 19.2 Å². The zero-order chi connectivity index (χ0) is 12.0. The molecule has 1 atom stereocenters. The molecule has 0 aromatic carbocycles. The molecule has 0 bridgehead atoms. The molecule has 0 radical (unpaired) electrons. The lowest BCUT2D eigenvalue weighted by Gasteiger charge is -2.25. The van der Waals surface area contributed by atoms with Crippen LogP contribution in [-0.2, 0) is 0 Å². The van der Waals surface area contributed by atoms with Gasteiger partial charge in [-0.25, -0.2) is 9.97 Å². The molecule has 0 saturated heterocycles. The summed E-state index contributed by atoms with van der Waals surface area (Å²) in [5, 5.41) is 0. The van der Waals surface area contributed by atoms with Gasteiger partial charge in [-0.15, -0.1) is 0 Å². The standard InChI is InChI=1S/C11H20N4O/c1-4-16-11-7-10(13-8-14-11)15(3)9(2)5-6-12/h7-9H,4-6,12H2,1-3H3. The summed E-state index contributed by atoms with van der Waals surface area (Å²) in [5.41, 5.74) is 5.54. The highest BCUT2D eigenvalue weighted by Crippen LogP contribution is 2.17. The topological polar surface area (TPSA) is 64.3 Å². The van der Waals surface area contributed by atoms with Gasteiger partial charge in [0.1, 0.15) is 12.1 Å². The van der Waals surface area contributed by atoms with E-state index in [1.165, 1.54) is 6.33 Å². The van der Waals surface area contributed by atoms with Crippen molar-refractivity contribution in [1.29, 1.82) is 0 Å². The second kappa shape index (κ2) is 6.27. The first-order chi connectivity index (χ1) is 7.69. The second-order valence-electron chi connectivity index (χ2n) is 3.68. The van der Waals surface area contributed by atoms with Crippen LogP contribution in [0, 0.1) is 0 Å². The highest BCUT2D eigenvalue weighted by atomic mass is 16.5. The molecular formula is C11H20N4O. The first kappa shape index (κ1) is 12.7. The summed E-state index contributed by atoms with van der Waals surface area (Å²) in [7, 11) is 2.00. The average Bonchev–Trinajstić information content (AvgIpc) is 2.29. The Balaban J connectivity index is 2.74. The minimum absolute atomic E-state index is 0.356. The molecule has 2 N–H and O–H groups in total. The van der Waals surface area contributed by atoms with E-state index in [1.54, 1.807) is 0 Å². The fourth-order valence-electron chi connectivity index (χ4n) is 1.41. The molecule has 0 spiro atoms. The number of hydrogen-bond acceptors (Lipinski definition) is 5. The second-order valence-corrected chi connectivity index (χ2v) is 3.68. The van der Waals surface area contributed by atoms with E-state index in [0.29, 0.717) is 25.1 Å². The SMILES string of the molecule is CCOc1cc(N(C)C(C)CCN)ncn1. The van der Waals surface area contributed by atoms with Gasteiger partial charge in [-0.2, -0.15) is 0 Å². The van der Waals surface area contributed by atoms with Gasteiger partial charge in [0.15, 0.2) is 0 Å². The van der Waals surface area contributed by atoms with Crippen molar-refractivity contribution in [1.82, 2.24) is 9.97 Å². The van der Waals surface area contributed by atoms with E-state index in [4.69, 9.17) is 10.5 Å². The van der Waals surface area contributed by atoms with Gasteiger partial charge in [-0.3, -0.25) is 0 Å². The summed E-state index contributed by atoms with van der Waals surface area (Å²) in [5.74, 6) is 1.47. The average molecular weight is 224 g/mol. The fourth-order valence-corrected chi connectivity index (χ4v) is 1.41. The Bertz CT molecular complexity index is 319. The Hall–Kier alpha value is -1.36. The maximum absolute atomic E-state index is 5.54. The molecule has 1 rings (SSSR count). The number of aromatic nitrogens is 2. The van der Waals surface area contributed by atoms with Crippen molar-refractivity contribution in [3.05, 3.63) is 12.4 Å². The van der Waals surface area contributed by atoms with Gasteiger partial charge in [0.2, 0.25) is 5.88 Å². The molecule has 1 heterocycles. The van der Waals surface area contributed by atoms with Crippen LogP contribution >= 0.6 is 0 Å². The molecule has 0 aliphatic heterocycles. The van der Waals surface area contributed by atoms with E-state index >= 15 is 0 Å². The third kappa shape index (κ3) is 3.34. The van der Waals surface area contributed by atoms with Crippen molar-refractivity contribution in [2.45, 2.75) is 26.3 Å². The van der Waals surface area contributed by atoms with Crippen molar-refractivity contribution < 1.29 is 4.74 Å². The van der Waals surface area contributed by atoms with E-state index < -0.39 is 0 Å². The van der Waals surface area contributed by atoms with Crippen LogP contribution in [0.2, 0.25) is 0 Å². The zero-order valence-electron chi connectivity index (χ0n) is 10.2. The lowest BCUT2D eigenvalue weighted by atomic mass is 10.2. The van der Waals surface area contributed by atoms with Gasteiger partial charge in [-0.05, 0) is 26.8 Å². The minimum atomic E-state index is 0.356.